The molecule has 1 aliphatic carbocycles. The van der Waals surface area contributed by atoms with Crippen molar-refractivity contribution in [3.8, 4) is 44.6 Å². The molecule has 9 rings (SSSR count). The summed E-state index contributed by atoms with van der Waals surface area (Å²) in [7, 11) is 0. The molecule has 1 aromatic heterocycles. The van der Waals surface area contributed by atoms with Crippen LogP contribution in [-0.4, -0.2) is 4.98 Å². The predicted octanol–water partition coefficient (Wildman–Crippen LogP) is 11.8. The average Bonchev–Trinajstić information content (AvgIpc) is 3.33. The van der Waals surface area contributed by atoms with Crippen molar-refractivity contribution >= 4 is 32.3 Å². The van der Waals surface area contributed by atoms with Gasteiger partial charge in [0.15, 0.2) is 0 Å². The second-order valence-corrected chi connectivity index (χ2v) is 12.7. The van der Waals surface area contributed by atoms with E-state index >= 15 is 0 Å². The van der Waals surface area contributed by atoms with E-state index in [0.29, 0.717) is 0 Å². The van der Waals surface area contributed by atoms with Gasteiger partial charge in [-0.3, -0.25) is 4.98 Å². The van der Waals surface area contributed by atoms with Gasteiger partial charge in [0.1, 0.15) is 0 Å². The van der Waals surface area contributed by atoms with E-state index in [1.54, 1.807) is 0 Å². The Balaban J connectivity index is 1.26. The third-order valence-electron chi connectivity index (χ3n) is 9.91. The molecule has 0 aliphatic heterocycles. The van der Waals surface area contributed by atoms with Crippen LogP contribution in [0.2, 0.25) is 0 Å². The highest BCUT2D eigenvalue weighted by atomic mass is 14.7. The molecule has 0 radical (unpaired) electrons. The van der Waals surface area contributed by atoms with Gasteiger partial charge < -0.3 is 0 Å². The lowest BCUT2D eigenvalue weighted by molar-refractivity contribution is 0.661. The Bertz CT molecular complexity index is 2380. The van der Waals surface area contributed by atoms with Crippen molar-refractivity contribution in [1.82, 2.24) is 4.98 Å². The molecule has 1 aliphatic rings. The van der Waals surface area contributed by atoms with Gasteiger partial charge in [0, 0.05) is 22.7 Å². The molecular formula is C44H31N. The van der Waals surface area contributed by atoms with Crippen molar-refractivity contribution in [2.24, 2.45) is 0 Å². The van der Waals surface area contributed by atoms with E-state index in [9.17, 15) is 0 Å². The average molecular weight is 574 g/mol. The number of rotatable bonds is 3. The van der Waals surface area contributed by atoms with Crippen LogP contribution in [0.1, 0.15) is 25.0 Å². The zero-order valence-corrected chi connectivity index (χ0v) is 25.4. The van der Waals surface area contributed by atoms with Crippen LogP contribution in [0.5, 0.6) is 0 Å². The lowest BCUT2D eigenvalue weighted by Crippen LogP contribution is -2.15. The van der Waals surface area contributed by atoms with Gasteiger partial charge in [0.2, 0.25) is 0 Å². The molecule has 0 bridgehead atoms. The van der Waals surface area contributed by atoms with Crippen LogP contribution in [0.25, 0.3) is 77.0 Å². The summed E-state index contributed by atoms with van der Waals surface area (Å²) < 4.78 is 0. The molecule has 1 heterocycles. The maximum Gasteiger partial charge on any atom is 0.0708 e. The molecule has 0 saturated heterocycles. The number of hydrogen-bond donors (Lipinski definition) is 0. The standard InChI is InChI=1S/C44H31N/c1-44(2)38-23-13-12-22-36(38)43-31-17-7-6-16-30(31)37(26-39(43)44)40-25-24-29(27-45-40)42-34-20-10-8-18-32(34)41(28-14-4-3-5-15-28)33-19-9-11-21-35(33)42/h3-27H,1-2H3. The lowest BCUT2D eigenvalue weighted by atomic mass is 9.81. The van der Waals surface area contributed by atoms with Crippen molar-refractivity contribution in [1.29, 1.82) is 0 Å². The van der Waals surface area contributed by atoms with Crippen LogP contribution in [0.4, 0.5) is 0 Å². The monoisotopic (exact) mass is 573 g/mol. The molecule has 0 atom stereocenters. The topological polar surface area (TPSA) is 12.9 Å². The highest BCUT2D eigenvalue weighted by Crippen LogP contribution is 2.53. The Morgan fingerprint density at radius 2 is 0.911 bits per heavy atom. The summed E-state index contributed by atoms with van der Waals surface area (Å²) in [6.07, 6.45) is 2.08. The third kappa shape index (κ3) is 3.77. The van der Waals surface area contributed by atoms with Crippen LogP contribution in [0.15, 0.2) is 152 Å². The first-order valence-electron chi connectivity index (χ1n) is 15.7. The maximum absolute atomic E-state index is 5.19. The Morgan fingerprint density at radius 3 is 1.51 bits per heavy atom. The van der Waals surface area contributed by atoms with Crippen molar-refractivity contribution in [2.45, 2.75) is 19.3 Å². The van der Waals surface area contributed by atoms with Gasteiger partial charge in [0.05, 0.1) is 5.69 Å². The molecule has 7 aromatic carbocycles. The first kappa shape index (κ1) is 25.9. The van der Waals surface area contributed by atoms with Crippen LogP contribution < -0.4 is 0 Å². The van der Waals surface area contributed by atoms with Gasteiger partial charge in [-0.2, -0.15) is 0 Å². The maximum atomic E-state index is 5.19. The quantitative estimate of drug-likeness (QED) is 0.192. The van der Waals surface area contributed by atoms with Gasteiger partial charge >= 0.3 is 0 Å². The van der Waals surface area contributed by atoms with Crippen LogP contribution in [-0.2, 0) is 5.41 Å². The van der Waals surface area contributed by atoms with E-state index in [1.807, 2.05) is 0 Å². The predicted molar refractivity (Wildman–Crippen MR) is 191 cm³/mol. The minimum absolute atomic E-state index is 0.0804. The Kier molecular flexibility index (Phi) is 5.61. The van der Waals surface area contributed by atoms with Crippen LogP contribution >= 0.6 is 0 Å². The molecule has 0 unspecified atom stereocenters. The first-order chi connectivity index (χ1) is 22.1. The molecule has 1 nitrogen and oxygen atoms in total. The molecule has 0 N–H and O–H groups in total. The van der Waals surface area contributed by atoms with E-state index in [1.165, 1.54) is 76.8 Å². The number of nitrogens with zero attached hydrogens (tertiary/aromatic N) is 1. The summed E-state index contributed by atoms with van der Waals surface area (Å²) in [5.74, 6) is 0. The van der Waals surface area contributed by atoms with Crippen molar-refractivity contribution in [3.63, 3.8) is 0 Å². The van der Waals surface area contributed by atoms with E-state index in [-0.39, 0.29) is 5.41 Å². The SMILES string of the molecule is CC1(C)c2ccccc2-c2c1cc(-c1ccc(-c3c4ccccc4c(-c4ccccc4)c4ccccc34)cn1)c1ccccc21. The molecule has 212 valence electrons. The van der Waals surface area contributed by atoms with Gasteiger partial charge in [0.25, 0.3) is 0 Å². The summed E-state index contributed by atoms with van der Waals surface area (Å²) in [6.45, 7) is 4.70. The summed E-state index contributed by atoms with van der Waals surface area (Å²) in [5.41, 5.74) is 12.5. The van der Waals surface area contributed by atoms with Crippen molar-refractivity contribution < 1.29 is 0 Å². The second kappa shape index (κ2) is 9.74. The minimum Gasteiger partial charge on any atom is -0.256 e. The van der Waals surface area contributed by atoms with Crippen LogP contribution in [0.3, 0.4) is 0 Å². The number of fused-ring (bicyclic) bond motifs is 7. The summed E-state index contributed by atoms with van der Waals surface area (Å²) in [4.78, 5) is 5.19. The molecule has 0 spiro atoms. The summed E-state index contributed by atoms with van der Waals surface area (Å²) >= 11 is 0. The molecule has 45 heavy (non-hydrogen) atoms. The highest BCUT2D eigenvalue weighted by Gasteiger charge is 2.37. The molecule has 0 fully saturated rings. The van der Waals surface area contributed by atoms with E-state index < -0.39 is 0 Å². The smallest absolute Gasteiger partial charge is 0.0708 e. The van der Waals surface area contributed by atoms with Crippen molar-refractivity contribution in [3.05, 3.63) is 163 Å². The fourth-order valence-electron chi connectivity index (χ4n) is 7.82. The van der Waals surface area contributed by atoms with Crippen LogP contribution in [0, 0.1) is 0 Å². The number of aromatic nitrogens is 1. The van der Waals surface area contributed by atoms with Gasteiger partial charge in [-0.15, -0.1) is 0 Å². The molecular weight excluding hydrogens is 542 g/mol. The lowest BCUT2D eigenvalue weighted by Gasteiger charge is -2.23. The minimum atomic E-state index is -0.0804. The van der Waals surface area contributed by atoms with E-state index in [4.69, 9.17) is 4.98 Å². The summed E-state index contributed by atoms with van der Waals surface area (Å²) in [6, 6.07) is 53.0. The number of pyridine rings is 1. The first-order valence-corrected chi connectivity index (χ1v) is 15.7. The van der Waals surface area contributed by atoms with Gasteiger partial charge in [-0.25, -0.2) is 0 Å². The summed E-state index contributed by atoms with van der Waals surface area (Å²) in [5, 5.41) is 7.54. The molecule has 8 aromatic rings. The molecule has 0 saturated carbocycles. The van der Waals surface area contributed by atoms with Gasteiger partial charge in [-0.1, -0.05) is 147 Å². The van der Waals surface area contributed by atoms with E-state index in [0.717, 1.165) is 11.3 Å². The fourth-order valence-corrected chi connectivity index (χ4v) is 7.82. The zero-order chi connectivity index (χ0) is 30.1. The molecule has 0 amide bonds. The Labute approximate surface area is 263 Å². The number of benzene rings is 7. The Morgan fingerprint density at radius 1 is 0.400 bits per heavy atom. The van der Waals surface area contributed by atoms with Crippen molar-refractivity contribution in [2.75, 3.05) is 0 Å². The molecule has 1 heteroatoms. The normalized spacial score (nSPS) is 13.3. The highest BCUT2D eigenvalue weighted by molar-refractivity contribution is 6.21. The third-order valence-corrected chi connectivity index (χ3v) is 9.91. The number of hydrogen-bond acceptors (Lipinski definition) is 1. The van der Waals surface area contributed by atoms with E-state index in [2.05, 4.69) is 166 Å². The van der Waals surface area contributed by atoms with Gasteiger partial charge in [-0.05, 0) is 83.4 Å². The largest absolute Gasteiger partial charge is 0.256 e. The zero-order valence-electron chi connectivity index (χ0n) is 25.4. The fraction of sp³-hybridized carbons (Fsp3) is 0.0682. The Hall–Kier alpha value is -5.53. The second-order valence-electron chi connectivity index (χ2n) is 12.7.